The van der Waals surface area contributed by atoms with Gasteiger partial charge in [0, 0.05) is 12.1 Å². The number of amides is 1. The van der Waals surface area contributed by atoms with E-state index in [0.29, 0.717) is 23.6 Å². The molecule has 0 spiro atoms. The third-order valence-corrected chi connectivity index (χ3v) is 5.01. The summed E-state index contributed by atoms with van der Waals surface area (Å²) >= 11 is 0. The Balaban J connectivity index is 1.61. The van der Waals surface area contributed by atoms with Gasteiger partial charge in [0.05, 0.1) is 30.3 Å². The van der Waals surface area contributed by atoms with E-state index >= 15 is 0 Å². The maximum Gasteiger partial charge on any atom is 0.254 e. The lowest BCUT2D eigenvalue weighted by Gasteiger charge is -2.24. The van der Waals surface area contributed by atoms with Crippen molar-refractivity contribution in [1.29, 1.82) is 0 Å². The van der Waals surface area contributed by atoms with E-state index in [-0.39, 0.29) is 18.1 Å². The second-order valence-corrected chi connectivity index (χ2v) is 7.33. The van der Waals surface area contributed by atoms with Gasteiger partial charge >= 0.3 is 0 Å². The van der Waals surface area contributed by atoms with Crippen LogP contribution in [0.25, 0.3) is 11.0 Å². The zero-order valence-electron chi connectivity index (χ0n) is 16.4. The summed E-state index contributed by atoms with van der Waals surface area (Å²) in [5.41, 5.74) is 2.51. The molecule has 0 unspecified atom stereocenters. The van der Waals surface area contributed by atoms with Crippen LogP contribution in [0.3, 0.4) is 0 Å². The number of aromatic nitrogens is 2. The van der Waals surface area contributed by atoms with Gasteiger partial charge in [-0.1, -0.05) is 12.1 Å². The Labute approximate surface area is 164 Å². The summed E-state index contributed by atoms with van der Waals surface area (Å²) in [6.07, 6.45) is 1.89. The van der Waals surface area contributed by atoms with Crippen LogP contribution in [-0.2, 0) is 0 Å². The van der Waals surface area contributed by atoms with Crippen molar-refractivity contribution in [3.05, 3.63) is 53.9 Å². The Morgan fingerprint density at radius 2 is 2.04 bits per heavy atom. The van der Waals surface area contributed by atoms with Crippen molar-refractivity contribution in [2.45, 2.75) is 38.8 Å². The van der Waals surface area contributed by atoms with Gasteiger partial charge < -0.3 is 19.4 Å². The Hall–Kier alpha value is -3.02. The van der Waals surface area contributed by atoms with E-state index in [0.717, 1.165) is 29.7 Å². The number of fused-ring (bicyclic) bond motifs is 1. The van der Waals surface area contributed by atoms with E-state index < -0.39 is 0 Å². The SMILES string of the molecule is COc1cc(C(=O)N2CCC[C@H]2c2nc3ccccc3[nH]2)ccc1OC(C)C. The number of ether oxygens (including phenoxy) is 2. The average Bonchev–Trinajstić information content (AvgIpc) is 3.33. The molecule has 1 aliphatic rings. The van der Waals surface area contributed by atoms with E-state index in [1.54, 1.807) is 25.3 Å². The number of methoxy groups -OCH3 is 1. The molecule has 0 bridgehead atoms. The molecule has 1 amide bonds. The van der Waals surface area contributed by atoms with E-state index in [2.05, 4.69) is 4.98 Å². The number of para-hydroxylation sites is 2. The molecule has 4 rings (SSSR count). The largest absolute Gasteiger partial charge is 0.493 e. The first-order valence-electron chi connectivity index (χ1n) is 9.67. The summed E-state index contributed by atoms with van der Waals surface area (Å²) in [5.74, 6) is 2.04. The third kappa shape index (κ3) is 3.42. The lowest BCUT2D eigenvalue weighted by molar-refractivity contribution is 0.0730. The lowest BCUT2D eigenvalue weighted by atomic mass is 10.1. The van der Waals surface area contributed by atoms with E-state index in [9.17, 15) is 4.79 Å². The predicted octanol–water partition coefficient (Wildman–Crippen LogP) is 4.34. The van der Waals surface area contributed by atoms with Gasteiger partial charge in [0.2, 0.25) is 0 Å². The van der Waals surface area contributed by atoms with Gasteiger partial charge in [-0.15, -0.1) is 0 Å². The van der Waals surface area contributed by atoms with Crippen molar-refractivity contribution in [3.8, 4) is 11.5 Å². The second-order valence-electron chi connectivity index (χ2n) is 7.33. The lowest BCUT2D eigenvalue weighted by Crippen LogP contribution is -2.31. The smallest absolute Gasteiger partial charge is 0.254 e. The highest BCUT2D eigenvalue weighted by molar-refractivity contribution is 5.95. The van der Waals surface area contributed by atoms with Crippen LogP contribution in [0.4, 0.5) is 0 Å². The summed E-state index contributed by atoms with van der Waals surface area (Å²) in [7, 11) is 1.59. The number of H-pyrrole nitrogens is 1. The molecule has 28 heavy (non-hydrogen) atoms. The van der Waals surface area contributed by atoms with Crippen molar-refractivity contribution >= 4 is 16.9 Å². The molecule has 2 heterocycles. The van der Waals surface area contributed by atoms with E-state index in [1.165, 1.54) is 0 Å². The molecule has 1 saturated heterocycles. The fraction of sp³-hybridized carbons (Fsp3) is 0.364. The number of hydrogen-bond donors (Lipinski definition) is 1. The molecule has 146 valence electrons. The van der Waals surface area contributed by atoms with Crippen molar-refractivity contribution in [3.63, 3.8) is 0 Å². The molecule has 1 aliphatic heterocycles. The molecule has 1 fully saturated rings. The number of benzene rings is 2. The highest BCUT2D eigenvalue weighted by Crippen LogP contribution is 2.35. The highest BCUT2D eigenvalue weighted by Gasteiger charge is 2.33. The zero-order chi connectivity index (χ0) is 19.7. The van der Waals surface area contributed by atoms with Crippen LogP contribution in [-0.4, -0.2) is 40.5 Å². The van der Waals surface area contributed by atoms with Crippen LogP contribution >= 0.6 is 0 Å². The first-order valence-corrected chi connectivity index (χ1v) is 9.67. The van der Waals surface area contributed by atoms with Gasteiger partial charge in [-0.2, -0.15) is 0 Å². The molecular formula is C22H25N3O3. The number of imidazole rings is 1. The zero-order valence-corrected chi connectivity index (χ0v) is 16.4. The minimum atomic E-state index is -0.0440. The number of carbonyl (C=O) groups is 1. The normalized spacial score (nSPS) is 16.7. The Morgan fingerprint density at radius 3 is 2.79 bits per heavy atom. The van der Waals surface area contributed by atoms with E-state index in [1.807, 2.05) is 43.0 Å². The maximum absolute atomic E-state index is 13.2. The van der Waals surface area contributed by atoms with Crippen molar-refractivity contribution in [2.24, 2.45) is 0 Å². The summed E-state index contributed by atoms with van der Waals surface area (Å²) in [5, 5.41) is 0. The molecule has 1 atom stereocenters. The van der Waals surface area contributed by atoms with E-state index in [4.69, 9.17) is 14.5 Å². The fourth-order valence-corrected chi connectivity index (χ4v) is 3.74. The number of nitrogens with zero attached hydrogens (tertiary/aromatic N) is 2. The van der Waals surface area contributed by atoms with Gasteiger partial charge in [0.25, 0.3) is 5.91 Å². The highest BCUT2D eigenvalue weighted by atomic mass is 16.5. The average molecular weight is 379 g/mol. The number of rotatable bonds is 5. The van der Waals surface area contributed by atoms with Crippen LogP contribution in [0.1, 0.15) is 48.9 Å². The Kier molecular flexibility index (Phi) is 4.94. The van der Waals surface area contributed by atoms with Gasteiger partial charge in [0.1, 0.15) is 5.82 Å². The molecule has 3 aromatic rings. The minimum Gasteiger partial charge on any atom is -0.493 e. The molecule has 0 aliphatic carbocycles. The number of likely N-dealkylation sites (tertiary alicyclic amines) is 1. The first-order chi connectivity index (χ1) is 13.6. The minimum absolute atomic E-state index is 0.0163. The first kappa shape index (κ1) is 18.3. The number of carbonyl (C=O) groups excluding carboxylic acids is 1. The quantitative estimate of drug-likeness (QED) is 0.716. The van der Waals surface area contributed by atoms with Crippen LogP contribution in [0.5, 0.6) is 11.5 Å². The Bertz CT molecular complexity index is 963. The standard InChI is InChI=1S/C22H25N3O3/c1-14(2)28-19-11-10-15(13-20(19)27-3)22(26)25-12-6-9-18(25)21-23-16-7-4-5-8-17(16)24-21/h4-5,7-8,10-11,13-14,18H,6,9,12H2,1-3H3,(H,23,24)/t18-/m0/s1. The number of aromatic amines is 1. The number of hydrogen-bond acceptors (Lipinski definition) is 4. The van der Waals surface area contributed by atoms with Gasteiger partial charge in [0.15, 0.2) is 11.5 Å². The number of nitrogens with one attached hydrogen (secondary N) is 1. The van der Waals surface area contributed by atoms with Crippen LogP contribution < -0.4 is 9.47 Å². The van der Waals surface area contributed by atoms with Gasteiger partial charge in [-0.05, 0) is 57.0 Å². The Morgan fingerprint density at radius 1 is 1.21 bits per heavy atom. The van der Waals surface area contributed by atoms with Crippen LogP contribution in [0, 0.1) is 0 Å². The maximum atomic E-state index is 13.2. The molecular weight excluding hydrogens is 354 g/mol. The van der Waals surface area contributed by atoms with Crippen molar-refractivity contribution in [2.75, 3.05) is 13.7 Å². The topological polar surface area (TPSA) is 67.5 Å². The fourth-order valence-electron chi connectivity index (χ4n) is 3.74. The van der Waals surface area contributed by atoms with Crippen LogP contribution in [0.15, 0.2) is 42.5 Å². The van der Waals surface area contributed by atoms with Gasteiger partial charge in [-0.25, -0.2) is 4.98 Å². The third-order valence-electron chi connectivity index (χ3n) is 5.01. The molecule has 6 heteroatoms. The van der Waals surface area contributed by atoms with Crippen molar-refractivity contribution in [1.82, 2.24) is 14.9 Å². The predicted molar refractivity (Wildman–Crippen MR) is 108 cm³/mol. The monoisotopic (exact) mass is 379 g/mol. The molecule has 1 aromatic heterocycles. The molecule has 0 radical (unpaired) electrons. The molecule has 1 N–H and O–H groups in total. The van der Waals surface area contributed by atoms with Gasteiger partial charge in [-0.3, -0.25) is 4.79 Å². The molecule has 6 nitrogen and oxygen atoms in total. The summed E-state index contributed by atoms with van der Waals surface area (Å²) < 4.78 is 11.2. The summed E-state index contributed by atoms with van der Waals surface area (Å²) in [6, 6.07) is 13.3. The van der Waals surface area contributed by atoms with Crippen LogP contribution in [0.2, 0.25) is 0 Å². The molecule has 0 saturated carbocycles. The summed E-state index contributed by atoms with van der Waals surface area (Å²) in [4.78, 5) is 23.2. The van der Waals surface area contributed by atoms with Crippen molar-refractivity contribution < 1.29 is 14.3 Å². The second kappa shape index (κ2) is 7.54. The summed E-state index contributed by atoms with van der Waals surface area (Å²) in [6.45, 7) is 4.63. The molecule has 2 aromatic carbocycles.